The SMILES string of the molecule is CCCCC1c2ccccc2C(c2ccccc2)=CN1C. The van der Waals surface area contributed by atoms with Crippen LogP contribution < -0.4 is 0 Å². The minimum absolute atomic E-state index is 0.508. The van der Waals surface area contributed by atoms with Crippen molar-refractivity contribution in [2.45, 2.75) is 32.2 Å². The van der Waals surface area contributed by atoms with Crippen molar-refractivity contribution < 1.29 is 0 Å². The molecule has 1 aliphatic rings. The van der Waals surface area contributed by atoms with Gasteiger partial charge in [0, 0.05) is 18.8 Å². The van der Waals surface area contributed by atoms with Gasteiger partial charge in [0.2, 0.25) is 0 Å². The van der Waals surface area contributed by atoms with E-state index < -0.39 is 0 Å². The van der Waals surface area contributed by atoms with Crippen molar-refractivity contribution in [3.05, 3.63) is 77.5 Å². The molecule has 0 radical (unpaired) electrons. The molecule has 0 aromatic heterocycles. The third kappa shape index (κ3) is 2.73. The Hall–Kier alpha value is -2.02. The lowest BCUT2D eigenvalue weighted by molar-refractivity contribution is 0.308. The van der Waals surface area contributed by atoms with E-state index >= 15 is 0 Å². The van der Waals surface area contributed by atoms with Gasteiger partial charge in [-0.05, 0) is 23.1 Å². The van der Waals surface area contributed by atoms with E-state index in [0.717, 1.165) is 0 Å². The first-order chi connectivity index (χ1) is 10.3. The van der Waals surface area contributed by atoms with Gasteiger partial charge in [-0.15, -0.1) is 0 Å². The van der Waals surface area contributed by atoms with Crippen molar-refractivity contribution >= 4 is 5.57 Å². The summed E-state index contributed by atoms with van der Waals surface area (Å²) < 4.78 is 0. The molecule has 0 N–H and O–H groups in total. The van der Waals surface area contributed by atoms with Gasteiger partial charge in [-0.1, -0.05) is 74.4 Å². The molecule has 1 atom stereocenters. The van der Waals surface area contributed by atoms with E-state index in [4.69, 9.17) is 0 Å². The van der Waals surface area contributed by atoms with Gasteiger partial charge in [0.25, 0.3) is 0 Å². The minimum Gasteiger partial charge on any atom is -0.373 e. The Morgan fingerprint density at radius 2 is 1.67 bits per heavy atom. The summed E-state index contributed by atoms with van der Waals surface area (Å²) in [6.07, 6.45) is 6.07. The standard InChI is InChI=1S/C20H23N/c1-3-4-14-20-18-13-9-8-12-17(18)19(15-21(20)2)16-10-6-5-7-11-16/h5-13,15,20H,3-4,14H2,1-2H3. The van der Waals surface area contributed by atoms with Gasteiger partial charge in [-0.3, -0.25) is 0 Å². The zero-order valence-corrected chi connectivity index (χ0v) is 12.9. The number of nitrogens with zero attached hydrogens (tertiary/aromatic N) is 1. The molecule has 1 heterocycles. The van der Waals surface area contributed by atoms with Crippen LogP contribution in [0.4, 0.5) is 0 Å². The Kier molecular flexibility index (Phi) is 4.10. The summed E-state index contributed by atoms with van der Waals surface area (Å²) in [4.78, 5) is 2.39. The maximum atomic E-state index is 2.39. The molecule has 0 bridgehead atoms. The maximum absolute atomic E-state index is 2.39. The predicted octanol–water partition coefficient (Wildman–Crippen LogP) is 5.25. The molecule has 2 aromatic carbocycles. The van der Waals surface area contributed by atoms with E-state index in [1.54, 1.807) is 0 Å². The van der Waals surface area contributed by atoms with E-state index in [0.29, 0.717) is 6.04 Å². The Bertz CT molecular complexity index is 627. The molecule has 0 aliphatic carbocycles. The zero-order valence-electron chi connectivity index (χ0n) is 12.9. The number of fused-ring (bicyclic) bond motifs is 1. The molecule has 0 saturated carbocycles. The van der Waals surface area contributed by atoms with Gasteiger partial charge in [0.05, 0.1) is 6.04 Å². The summed E-state index contributed by atoms with van der Waals surface area (Å²) in [6, 6.07) is 20.1. The second-order valence-corrected chi connectivity index (χ2v) is 5.82. The highest BCUT2D eigenvalue weighted by Gasteiger charge is 2.24. The van der Waals surface area contributed by atoms with Crippen LogP contribution in [-0.4, -0.2) is 11.9 Å². The van der Waals surface area contributed by atoms with Crippen LogP contribution in [0.5, 0.6) is 0 Å². The van der Waals surface area contributed by atoms with Crippen LogP contribution in [0.2, 0.25) is 0 Å². The van der Waals surface area contributed by atoms with Gasteiger partial charge in [0.15, 0.2) is 0 Å². The molecule has 0 saturated heterocycles. The van der Waals surface area contributed by atoms with E-state index in [1.165, 1.54) is 41.5 Å². The Morgan fingerprint density at radius 3 is 2.43 bits per heavy atom. The van der Waals surface area contributed by atoms with Crippen LogP contribution in [-0.2, 0) is 0 Å². The lowest BCUT2D eigenvalue weighted by Crippen LogP contribution is -2.24. The number of unbranched alkanes of at least 4 members (excludes halogenated alkanes) is 1. The molecular weight excluding hydrogens is 254 g/mol. The maximum Gasteiger partial charge on any atom is 0.0540 e. The predicted molar refractivity (Wildman–Crippen MR) is 90.0 cm³/mol. The Labute approximate surface area is 127 Å². The van der Waals surface area contributed by atoms with Crippen LogP contribution >= 0.6 is 0 Å². The van der Waals surface area contributed by atoms with Gasteiger partial charge in [0.1, 0.15) is 0 Å². The van der Waals surface area contributed by atoms with Crippen LogP contribution in [0, 0.1) is 0 Å². The van der Waals surface area contributed by atoms with Crippen molar-refractivity contribution in [2.24, 2.45) is 0 Å². The van der Waals surface area contributed by atoms with Gasteiger partial charge in [-0.2, -0.15) is 0 Å². The molecular formula is C20H23N. The van der Waals surface area contributed by atoms with E-state index in [9.17, 15) is 0 Å². The molecule has 1 aliphatic heterocycles. The second-order valence-electron chi connectivity index (χ2n) is 5.82. The van der Waals surface area contributed by atoms with Crippen LogP contribution in [0.1, 0.15) is 48.9 Å². The Balaban J connectivity index is 2.05. The fraction of sp³-hybridized carbons (Fsp3) is 0.300. The molecule has 21 heavy (non-hydrogen) atoms. The lowest BCUT2D eigenvalue weighted by atomic mass is 9.86. The topological polar surface area (TPSA) is 3.24 Å². The average Bonchev–Trinajstić information content (AvgIpc) is 2.54. The Morgan fingerprint density at radius 1 is 0.952 bits per heavy atom. The smallest absolute Gasteiger partial charge is 0.0540 e. The molecule has 1 nitrogen and oxygen atoms in total. The van der Waals surface area contributed by atoms with Crippen molar-refractivity contribution in [2.75, 3.05) is 7.05 Å². The second kappa shape index (κ2) is 6.17. The number of benzene rings is 2. The molecule has 2 aromatic rings. The van der Waals surface area contributed by atoms with Crippen LogP contribution in [0.3, 0.4) is 0 Å². The summed E-state index contributed by atoms with van der Waals surface area (Å²) in [5.41, 5.74) is 5.49. The largest absolute Gasteiger partial charge is 0.373 e. The zero-order chi connectivity index (χ0) is 14.7. The first-order valence-electron chi connectivity index (χ1n) is 7.89. The highest BCUT2D eigenvalue weighted by atomic mass is 15.1. The molecule has 3 rings (SSSR count). The fourth-order valence-electron chi connectivity index (χ4n) is 3.22. The normalized spacial score (nSPS) is 17.3. The quantitative estimate of drug-likeness (QED) is 0.737. The summed E-state index contributed by atoms with van der Waals surface area (Å²) in [5.74, 6) is 0. The van der Waals surface area contributed by atoms with Crippen molar-refractivity contribution in [1.29, 1.82) is 0 Å². The van der Waals surface area contributed by atoms with Crippen LogP contribution in [0.15, 0.2) is 60.8 Å². The minimum atomic E-state index is 0.508. The summed E-state index contributed by atoms with van der Waals surface area (Å²) in [7, 11) is 2.21. The van der Waals surface area contributed by atoms with Crippen molar-refractivity contribution in [3.63, 3.8) is 0 Å². The number of hydrogen-bond donors (Lipinski definition) is 0. The third-order valence-corrected chi connectivity index (χ3v) is 4.35. The van der Waals surface area contributed by atoms with Gasteiger partial charge >= 0.3 is 0 Å². The molecule has 108 valence electrons. The van der Waals surface area contributed by atoms with E-state index in [2.05, 4.69) is 79.7 Å². The lowest BCUT2D eigenvalue weighted by Gasteiger charge is -2.35. The summed E-state index contributed by atoms with van der Waals surface area (Å²) >= 11 is 0. The third-order valence-electron chi connectivity index (χ3n) is 4.35. The van der Waals surface area contributed by atoms with E-state index in [1.807, 2.05) is 0 Å². The molecule has 0 amide bonds. The molecule has 1 unspecified atom stereocenters. The monoisotopic (exact) mass is 277 g/mol. The van der Waals surface area contributed by atoms with E-state index in [-0.39, 0.29) is 0 Å². The van der Waals surface area contributed by atoms with Gasteiger partial charge < -0.3 is 4.90 Å². The number of rotatable bonds is 4. The number of hydrogen-bond acceptors (Lipinski definition) is 1. The first kappa shape index (κ1) is 13.9. The highest BCUT2D eigenvalue weighted by molar-refractivity contribution is 5.82. The van der Waals surface area contributed by atoms with Crippen LogP contribution in [0.25, 0.3) is 5.57 Å². The fourth-order valence-corrected chi connectivity index (χ4v) is 3.22. The molecule has 1 heteroatoms. The summed E-state index contributed by atoms with van der Waals surface area (Å²) in [5, 5.41) is 0. The average molecular weight is 277 g/mol. The summed E-state index contributed by atoms with van der Waals surface area (Å²) in [6.45, 7) is 2.26. The molecule has 0 fully saturated rings. The molecule has 0 spiro atoms. The van der Waals surface area contributed by atoms with Crippen molar-refractivity contribution in [1.82, 2.24) is 4.90 Å². The van der Waals surface area contributed by atoms with Crippen molar-refractivity contribution in [3.8, 4) is 0 Å². The highest BCUT2D eigenvalue weighted by Crippen LogP contribution is 2.39. The van der Waals surface area contributed by atoms with Gasteiger partial charge in [-0.25, -0.2) is 0 Å². The first-order valence-corrected chi connectivity index (χ1v) is 7.89.